The average molecular weight is 178 g/mol. The molecule has 62 valence electrons. The Labute approximate surface area is 75.8 Å². The van der Waals surface area contributed by atoms with Crippen molar-refractivity contribution in [3.8, 4) is 0 Å². The van der Waals surface area contributed by atoms with Crippen molar-refractivity contribution in [2.75, 3.05) is 0 Å². The maximum atomic E-state index is 5.66. The summed E-state index contributed by atoms with van der Waals surface area (Å²) in [6.45, 7) is 0. The summed E-state index contributed by atoms with van der Waals surface area (Å²) in [6, 6.07) is 10.2. The van der Waals surface area contributed by atoms with Crippen molar-refractivity contribution < 1.29 is 0 Å². The fraction of sp³-hybridized carbons (Fsp3) is 0.111. The van der Waals surface area contributed by atoms with E-state index in [1.807, 2.05) is 18.2 Å². The summed E-state index contributed by atoms with van der Waals surface area (Å²) in [5.41, 5.74) is 7.99. The third kappa shape index (κ3) is 1.47. The van der Waals surface area contributed by atoms with Crippen LogP contribution in [0.1, 0.15) is 5.56 Å². The summed E-state index contributed by atoms with van der Waals surface area (Å²) in [5, 5.41) is 5.23. The largest absolute Gasteiger partial charge is 0.360 e. The lowest BCUT2D eigenvalue weighted by Gasteiger charge is -2.06. The van der Waals surface area contributed by atoms with E-state index in [0.717, 1.165) is 5.70 Å². The Kier molecular flexibility index (Phi) is 2.06. The van der Waals surface area contributed by atoms with Crippen LogP contribution in [0, 0.1) is 0 Å². The summed E-state index contributed by atoms with van der Waals surface area (Å²) in [5.74, 6) is 0. The number of benzene rings is 1. The van der Waals surface area contributed by atoms with Crippen LogP contribution in [0.3, 0.4) is 0 Å². The zero-order chi connectivity index (χ0) is 8.39. The first-order valence-electron chi connectivity index (χ1n) is 3.79. The minimum atomic E-state index is 0.0141. The highest BCUT2D eigenvalue weighted by molar-refractivity contribution is 8.03. The fourth-order valence-electron chi connectivity index (χ4n) is 1.13. The van der Waals surface area contributed by atoms with Gasteiger partial charge < -0.3 is 11.1 Å². The molecule has 1 aliphatic heterocycles. The Morgan fingerprint density at radius 2 is 2.00 bits per heavy atom. The normalized spacial score (nSPS) is 21.8. The molecule has 0 bridgehead atoms. The first kappa shape index (κ1) is 7.71. The minimum absolute atomic E-state index is 0.0141. The summed E-state index contributed by atoms with van der Waals surface area (Å²) >= 11 is 1.60. The molecule has 0 aromatic heterocycles. The number of hydrogen-bond acceptors (Lipinski definition) is 3. The number of thioether (sulfide) groups is 1. The maximum Gasteiger partial charge on any atom is 0.127 e. The second-order valence-corrected chi connectivity index (χ2v) is 3.61. The number of hydrogen-bond donors (Lipinski definition) is 2. The van der Waals surface area contributed by atoms with Gasteiger partial charge in [0.05, 0.1) is 0 Å². The summed E-state index contributed by atoms with van der Waals surface area (Å²) in [7, 11) is 0. The van der Waals surface area contributed by atoms with E-state index in [1.54, 1.807) is 11.8 Å². The molecule has 1 aromatic rings. The molecule has 0 radical (unpaired) electrons. The van der Waals surface area contributed by atoms with Gasteiger partial charge in [-0.05, 0) is 11.0 Å². The van der Waals surface area contributed by atoms with Crippen LogP contribution >= 0.6 is 11.8 Å². The molecule has 0 saturated heterocycles. The Balaban J connectivity index is 2.22. The van der Waals surface area contributed by atoms with Crippen molar-refractivity contribution in [1.82, 2.24) is 5.32 Å². The van der Waals surface area contributed by atoms with E-state index in [9.17, 15) is 0 Å². The smallest absolute Gasteiger partial charge is 0.127 e. The van der Waals surface area contributed by atoms with Crippen molar-refractivity contribution in [1.29, 1.82) is 0 Å². The van der Waals surface area contributed by atoms with Gasteiger partial charge in [0.25, 0.3) is 0 Å². The predicted molar refractivity (Wildman–Crippen MR) is 53.1 cm³/mol. The molecule has 2 nitrogen and oxygen atoms in total. The van der Waals surface area contributed by atoms with E-state index >= 15 is 0 Å². The minimum Gasteiger partial charge on any atom is -0.360 e. The van der Waals surface area contributed by atoms with Gasteiger partial charge in [-0.1, -0.05) is 42.1 Å². The predicted octanol–water partition coefficient (Wildman–Crippen LogP) is 1.56. The van der Waals surface area contributed by atoms with Crippen LogP contribution in [0.15, 0.2) is 35.7 Å². The van der Waals surface area contributed by atoms with Gasteiger partial charge in [0.2, 0.25) is 0 Å². The maximum absolute atomic E-state index is 5.66. The topological polar surface area (TPSA) is 38.0 Å². The lowest BCUT2D eigenvalue weighted by atomic mass is 10.2. The Hall–Kier alpha value is -0.930. The lowest BCUT2D eigenvalue weighted by Crippen LogP contribution is -2.28. The van der Waals surface area contributed by atoms with E-state index in [0.29, 0.717) is 0 Å². The second-order valence-electron chi connectivity index (χ2n) is 2.60. The molecule has 12 heavy (non-hydrogen) atoms. The van der Waals surface area contributed by atoms with Gasteiger partial charge >= 0.3 is 0 Å². The number of nitrogens with two attached hydrogens (primary N) is 1. The summed E-state index contributed by atoms with van der Waals surface area (Å²) < 4.78 is 0. The van der Waals surface area contributed by atoms with Crippen LogP contribution in [0.2, 0.25) is 0 Å². The fourth-order valence-corrected chi connectivity index (χ4v) is 1.81. The van der Waals surface area contributed by atoms with Gasteiger partial charge in [0, 0.05) is 5.70 Å². The van der Waals surface area contributed by atoms with Gasteiger partial charge in [0.1, 0.15) is 5.50 Å². The molecular formula is C9H10N2S. The zero-order valence-electron chi connectivity index (χ0n) is 6.53. The number of nitrogens with one attached hydrogen (secondary N) is 1. The summed E-state index contributed by atoms with van der Waals surface area (Å²) in [4.78, 5) is 0. The van der Waals surface area contributed by atoms with Crippen LogP contribution in [0.5, 0.6) is 0 Å². The molecule has 0 amide bonds. The molecular weight excluding hydrogens is 168 g/mol. The highest BCUT2D eigenvalue weighted by Gasteiger charge is 2.12. The van der Waals surface area contributed by atoms with Gasteiger partial charge in [-0.3, -0.25) is 0 Å². The van der Waals surface area contributed by atoms with E-state index in [4.69, 9.17) is 5.73 Å². The van der Waals surface area contributed by atoms with Gasteiger partial charge in [-0.25, -0.2) is 0 Å². The molecule has 1 atom stereocenters. The number of rotatable bonds is 1. The SMILES string of the molecule is NC1NC(c2ccccc2)=CS1. The van der Waals surface area contributed by atoms with Gasteiger partial charge in [0.15, 0.2) is 0 Å². The van der Waals surface area contributed by atoms with E-state index in [1.165, 1.54) is 5.56 Å². The van der Waals surface area contributed by atoms with E-state index in [2.05, 4.69) is 22.9 Å². The summed E-state index contributed by atoms with van der Waals surface area (Å²) in [6.07, 6.45) is 0. The van der Waals surface area contributed by atoms with E-state index < -0.39 is 0 Å². The van der Waals surface area contributed by atoms with Crippen LogP contribution in [0.25, 0.3) is 5.70 Å². The highest BCUT2D eigenvalue weighted by atomic mass is 32.2. The molecule has 1 aromatic carbocycles. The Morgan fingerprint density at radius 1 is 1.25 bits per heavy atom. The second kappa shape index (κ2) is 3.21. The molecule has 0 fully saturated rings. The molecule has 3 heteroatoms. The monoisotopic (exact) mass is 178 g/mol. The standard InChI is InChI=1S/C9H10N2S/c10-9-11-8(6-12-9)7-4-2-1-3-5-7/h1-6,9,11H,10H2. The average Bonchev–Trinajstić information content (AvgIpc) is 2.54. The molecule has 3 N–H and O–H groups in total. The van der Waals surface area contributed by atoms with Crippen molar-refractivity contribution >= 4 is 17.5 Å². The van der Waals surface area contributed by atoms with Crippen LogP contribution in [-0.4, -0.2) is 5.50 Å². The quantitative estimate of drug-likeness (QED) is 0.685. The van der Waals surface area contributed by atoms with Crippen LogP contribution < -0.4 is 11.1 Å². The molecule has 0 spiro atoms. The molecule has 2 rings (SSSR count). The van der Waals surface area contributed by atoms with Crippen LogP contribution in [0.4, 0.5) is 0 Å². The first-order chi connectivity index (χ1) is 5.86. The van der Waals surface area contributed by atoms with Crippen molar-refractivity contribution in [2.24, 2.45) is 5.73 Å². The Bertz CT molecular complexity index is 295. The highest BCUT2D eigenvalue weighted by Crippen LogP contribution is 2.23. The molecule has 0 aliphatic carbocycles. The third-order valence-electron chi connectivity index (χ3n) is 1.72. The molecule has 0 saturated carbocycles. The van der Waals surface area contributed by atoms with E-state index in [-0.39, 0.29) is 5.50 Å². The Morgan fingerprint density at radius 3 is 2.58 bits per heavy atom. The molecule has 1 unspecified atom stereocenters. The molecule has 1 heterocycles. The molecule has 1 aliphatic rings. The van der Waals surface area contributed by atoms with Crippen molar-refractivity contribution in [2.45, 2.75) is 5.50 Å². The zero-order valence-corrected chi connectivity index (χ0v) is 7.34. The van der Waals surface area contributed by atoms with Crippen LogP contribution in [-0.2, 0) is 0 Å². The lowest BCUT2D eigenvalue weighted by molar-refractivity contribution is 0.853. The first-order valence-corrected chi connectivity index (χ1v) is 4.74. The third-order valence-corrected chi connectivity index (χ3v) is 2.50. The van der Waals surface area contributed by atoms with Gasteiger partial charge in [-0.2, -0.15) is 0 Å². The van der Waals surface area contributed by atoms with Gasteiger partial charge in [-0.15, -0.1) is 0 Å². The van der Waals surface area contributed by atoms with Crippen molar-refractivity contribution in [3.05, 3.63) is 41.3 Å². The van der Waals surface area contributed by atoms with Crippen molar-refractivity contribution in [3.63, 3.8) is 0 Å².